The normalized spacial score (nSPS) is 18.1. The molecule has 2 aromatic rings. The molecule has 2 N–H and O–H groups in total. The first kappa shape index (κ1) is 20.8. The maximum atomic E-state index is 14.3. The molecular weight excluding hydrogens is 492 g/mol. The van der Waals surface area contributed by atoms with Gasteiger partial charge in [0.05, 0.1) is 16.9 Å². The molecule has 1 fully saturated rings. The number of halogens is 4. The second-order valence-corrected chi connectivity index (χ2v) is 7.59. The van der Waals surface area contributed by atoms with Crippen molar-refractivity contribution >= 4 is 39.9 Å². The van der Waals surface area contributed by atoms with Crippen LogP contribution in [0.1, 0.15) is 24.2 Å². The standard InChI is InChI=1S/C18H16F3IN2O4/c1-18(2)26-8-14(27-18)28-24-17(25)10-4-5-11(19)15(21)16(10)23-13-6-3-9(22)7-12(13)20/h3-7,14,23H,8H2,1-2H3,(H,24,25). The van der Waals surface area contributed by atoms with E-state index in [1.165, 1.54) is 12.1 Å². The SMILES string of the molecule is CC1(C)OCC(ONC(=O)c2ccc(F)c(F)c2Nc2ccc(I)cc2F)O1. The van der Waals surface area contributed by atoms with E-state index >= 15 is 0 Å². The van der Waals surface area contributed by atoms with Crippen molar-refractivity contribution in [3.05, 3.63) is 56.9 Å². The zero-order valence-corrected chi connectivity index (χ0v) is 17.0. The number of hydrogen-bond acceptors (Lipinski definition) is 5. The van der Waals surface area contributed by atoms with Crippen molar-refractivity contribution < 1.29 is 32.3 Å². The number of ether oxygens (including phenoxy) is 2. The second kappa shape index (κ2) is 8.23. The fraction of sp³-hybridized carbons (Fsp3) is 0.278. The highest BCUT2D eigenvalue weighted by Crippen LogP contribution is 2.29. The highest BCUT2D eigenvalue weighted by Gasteiger charge is 2.34. The molecule has 0 radical (unpaired) electrons. The molecule has 6 nitrogen and oxygen atoms in total. The first-order valence-electron chi connectivity index (χ1n) is 8.14. The Morgan fingerprint density at radius 2 is 1.96 bits per heavy atom. The van der Waals surface area contributed by atoms with Crippen LogP contribution in [-0.2, 0) is 14.3 Å². The van der Waals surface area contributed by atoms with E-state index in [0.717, 1.165) is 12.1 Å². The number of benzene rings is 2. The third-order valence-corrected chi connectivity index (χ3v) is 4.47. The molecule has 0 aliphatic carbocycles. The fourth-order valence-corrected chi connectivity index (χ4v) is 2.93. The number of carbonyl (C=O) groups is 1. The van der Waals surface area contributed by atoms with E-state index in [9.17, 15) is 18.0 Å². The van der Waals surface area contributed by atoms with Gasteiger partial charge in [-0.2, -0.15) is 0 Å². The van der Waals surface area contributed by atoms with Crippen LogP contribution in [0.5, 0.6) is 0 Å². The molecule has 2 aromatic carbocycles. The lowest BCUT2D eigenvalue weighted by atomic mass is 10.1. The Kier molecular flexibility index (Phi) is 6.12. The monoisotopic (exact) mass is 508 g/mol. The molecule has 0 saturated carbocycles. The van der Waals surface area contributed by atoms with E-state index < -0.39 is 41.1 Å². The molecule has 0 bridgehead atoms. The van der Waals surface area contributed by atoms with Gasteiger partial charge in [-0.05, 0) is 66.8 Å². The minimum atomic E-state index is -1.33. The summed E-state index contributed by atoms with van der Waals surface area (Å²) in [6, 6.07) is 5.98. The minimum absolute atomic E-state index is 0.0734. The Balaban J connectivity index is 1.80. The van der Waals surface area contributed by atoms with Crippen LogP contribution >= 0.6 is 22.6 Å². The van der Waals surface area contributed by atoms with Gasteiger partial charge in [-0.25, -0.2) is 23.5 Å². The second-order valence-electron chi connectivity index (χ2n) is 6.34. The summed E-state index contributed by atoms with van der Waals surface area (Å²) in [7, 11) is 0. The summed E-state index contributed by atoms with van der Waals surface area (Å²) in [6.07, 6.45) is -0.866. The average molecular weight is 508 g/mol. The molecule has 3 rings (SSSR count). The van der Waals surface area contributed by atoms with Crippen molar-refractivity contribution in [1.29, 1.82) is 0 Å². The van der Waals surface area contributed by atoms with Crippen molar-refractivity contribution in [2.45, 2.75) is 25.9 Å². The first-order valence-corrected chi connectivity index (χ1v) is 9.22. The minimum Gasteiger partial charge on any atom is -0.350 e. The predicted molar refractivity (Wildman–Crippen MR) is 102 cm³/mol. The lowest BCUT2D eigenvalue weighted by molar-refractivity contribution is -0.203. The maximum absolute atomic E-state index is 14.3. The molecule has 1 aliphatic heterocycles. The first-order chi connectivity index (χ1) is 13.2. The molecule has 0 spiro atoms. The van der Waals surface area contributed by atoms with Gasteiger partial charge in [0.1, 0.15) is 12.4 Å². The molecule has 1 aliphatic rings. The number of amides is 1. The van der Waals surface area contributed by atoms with Crippen molar-refractivity contribution in [1.82, 2.24) is 5.48 Å². The summed E-state index contributed by atoms with van der Waals surface area (Å²) in [5.74, 6) is -4.95. The van der Waals surface area contributed by atoms with Crippen LogP contribution in [-0.4, -0.2) is 24.6 Å². The number of anilines is 2. The Hall–Kier alpha value is -1.89. The topological polar surface area (TPSA) is 68.8 Å². The van der Waals surface area contributed by atoms with Gasteiger partial charge in [-0.15, -0.1) is 0 Å². The van der Waals surface area contributed by atoms with Crippen LogP contribution in [0.15, 0.2) is 30.3 Å². The Morgan fingerprint density at radius 3 is 2.61 bits per heavy atom. The largest absolute Gasteiger partial charge is 0.350 e. The third-order valence-electron chi connectivity index (χ3n) is 3.80. The molecule has 1 amide bonds. The van der Waals surface area contributed by atoms with E-state index in [-0.39, 0.29) is 17.9 Å². The zero-order valence-electron chi connectivity index (χ0n) is 14.8. The van der Waals surface area contributed by atoms with E-state index in [4.69, 9.17) is 14.3 Å². The van der Waals surface area contributed by atoms with Crippen LogP contribution in [0.2, 0.25) is 0 Å². The summed E-state index contributed by atoms with van der Waals surface area (Å²) in [5.41, 5.74) is 1.19. The van der Waals surface area contributed by atoms with Crippen LogP contribution in [0.4, 0.5) is 24.5 Å². The number of hydrogen-bond donors (Lipinski definition) is 2. The van der Waals surface area contributed by atoms with Crippen LogP contribution < -0.4 is 10.8 Å². The quantitative estimate of drug-likeness (QED) is 0.468. The van der Waals surface area contributed by atoms with Gasteiger partial charge in [0.2, 0.25) is 6.29 Å². The smallest absolute Gasteiger partial charge is 0.277 e. The summed E-state index contributed by atoms with van der Waals surface area (Å²) >= 11 is 1.91. The lowest BCUT2D eigenvalue weighted by Crippen LogP contribution is -2.32. The molecule has 1 heterocycles. The maximum Gasteiger partial charge on any atom is 0.277 e. The Bertz CT molecular complexity index is 911. The Labute approximate surface area is 172 Å². The predicted octanol–water partition coefficient (Wildman–Crippen LogP) is 4.22. The molecular formula is C18H16F3IN2O4. The summed E-state index contributed by atoms with van der Waals surface area (Å²) in [6.45, 7) is 3.42. The summed E-state index contributed by atoms with van der Waals surface area (Å²) in [5, 5.41) is 2.43. The van der Waals surface area contributed by atoms with Gasteiger partial charge in [0.25, 0.3) is 5.91 Å². The van der Waals surface area contributed by atoms with Crippen molar-refractivity contribution in [2.75, 3.05) is 11.9 Å². The molecule has 150 valence electrons. The van der Waals surface area contributed by atoms with Crippen molar-refractivity contribution in [3.8, 4) is 0 Å². The van der Waals surface area contributed by atoms with Gasteiger partial charge < -0.3 is 14.8 Å². The molecule has 1 saturated heterocycles. The van der Waals surface area contributed by atoms with Gasteiger partial charge in [-0.1, -0.05) is 0 Å². The van der Waals surface area contributed by atoms with Crippen LogP contribution in [0.25, 0.3) is 0 Å². The number of carbonyl (C=O) groups excluding carboxylic acids is 1. The van der Waals surface area contributed by atoms with E-state index in [1.54, 1.807) is 19.9 Å². The van der Waals surface area contributed by atoms with Crippen LogP contribution in [0, 0.1) is 21.0 Å². The summed E-state index contributed by atoms with van der Waals surface area (Å²) in [4.78, 5) is 17.5. The lowest BCUT2D eigenvalue weighted by Gasteiger charge is -2.17. The molecule has 10 heteroatoms. The Morgan fingerprint density at radius 1 is 1.21 bits per heavy atom. The van der Waals surface area contributed by atoms with Crippen molar-refractivity contribution in [2.24, 2.45) is 0 Å². The zero-order chi connectivity index (χ0) is 20.5. The summed E-state index contributed by atoms with van der Waals surface area (Å²) < 4.78 is 53.4. The van der Waals surface area contributed by atoms with Gasteiger partial charge in [0.15, 0.2) is 17.4 Å². The van der Waals surface area contributed by atoms with Gasteiger partial charge in [-0.3, -0.25) is 4.79 Å². The highest BCUT2D eigenvalue weighted by molar-refractivity contribution is 14.1. The van der Waals surface area contributed by atoms with Gasteiger partial charge >= 0.3 is 0 Å². The number of nitrogens with one attached hydrogen (secondary N) is 2. The fourth-order valence-electron chi connectivity index (χ4n) is 2.47. The van der Waals surface area contributed by atoms with Crippen molar-refractivity contribution in [3.63, 3.8) is 0 Å². The van der Waals surface area contributed by atoms with Gasteiger partial charge in [0, 0.05) is 3.57 Å². The van der Waals surface area contributed by atoms with Crippen LogP contribution in [0.3, 0.4) is 0 Å². The van der Waals surface area contributed by atoms with E-state index in [0.29, 0.717) is 3.57 Å². The molecule has 1 atom stereocenters. The molecule has 1 unspecified atom stereocenters. The molecule has 28 heavy (non-hydrogen) atoms. The number of hydroxylamine groups is 1. The van der Waals surface area contributed by atoms with E-state index in [1.807, 2.05) is 22.6 Å². The van der Waals surface area contributed by atoms with E-state index in [2.05, 4.69) is 10.8 Å². The third kappa shape index (κ3) is 4.74. The average Bonchev–Trinajstić information content (AvgIpc) is 2.98. The number of rotatable bonds is 5. The molecule has 0 aromatic heterocycles. The highest BCUT2D eigenvalue weighted by atomic mass is 127.